The molecule has 0 fully saturated rings. The summed E-state index contributed by atoms with van der Waals surface area (Å²) in [4.78, 5) is 49.8. The van der Waals surface area contributed by atoms with E-state index in [4.69, 9.17) is 97.3 Å². The lowest BCUT2D eigenvalue weighted by Gasteiger charge is -2.22. The minimum absolute atomic E-state index is 0. The van der Waals surface area contributed by atoms with Gasteiger partial charge in [-0.1, -0.05) is 147 Å². The predicted octanol–water partition coefficient (Wildman–Crippen LogP) is 15.8. The van der Waals surface area contributed by atoms with Crippen LogP contribution in [0.15, 0.2) is 132 Å². The second-order valence-corrected chi connectivity index (χ2v) is 27.8. The molecule has 4 aliphatic rings. The van der Waals surface area contributed by atoms with Crippen molar-refractivity contribution in [2.45, 2.75) is 83.3 Å². The van der Waals surface area contributed by atoms with Crippen molar-refractivity contribution < 1.29 is 44.1 Å². The number of aliphatic hydroxyl groups is 4. The number of nitrogens with zero attached hydrogens (tertiary/aromatic N) is 5. The molecule has 19 nitrogen and oxygen atoms in total. The normalized spacial score (nSPS) is 19.4. The number of benzene rings is 8. The summed E-state index contributed by atoms with van der Waals surface area (Å²) in [5, 5.41) is 76.3. The van der Waals surface area contributed by atoms with Crippen molar-refractivity contribution in [2.75, 3.05) is 21.3 Å². The van der Waals surface area contributed by atoms with Crippen molar-refractivity contribution in [1.82, 2.24) is 29.5 Å². The number of rotatable bonds is 8. The zero-order chi connectivity index (χ0) is 68.2. The predicted molar refractivity (Wildman–Crippen MR) is 382 cm³/mol. The molecule has 4 amide bonds. The molecule has 97 heavy (non-hydrogen) atoms. The van der Waals surface area contributed by atoms with Gasteiger partial charge < -0.3 is 46.2 Å². The molecule has 496 valence electrons. The monoisotopic (exact) mass is 1480 g/mol. The zero-order valence-electron chi connectivity index (χ0n) is 50.5. The molecular formula is C69H54Cl8N10O9S. The summed E-state index contributed by atoms with van der Waals surface area (Å²) in [6.07, 6.45) is 1.70. The molecule has 28 heteroatoms. The second-order valence-electron chi connectivity index (χ2n) is 23.7. The van der Waals surface area contributed by atoms with E-state index in [1.54, 1.807) is 59.4 Å². The van der Waals surface area contributed by atoms with E-state index in [-0.39, 0.29) is 59.4 Å². The van der Waals surface area contributed by atoms with Gasteiger partial charge >= 0.3 is 0 Å². The van der Waals surface area contributed by atoms with Crippen LogP contribution in [0.25, 0.3) is 42.9 Å². The van der Waals surface area contributed by atoms with E-state index in [0.29, 0.717) is 81.7 Å². The minimum Gasteiger partial charge on any atom is -0.375 e. The van der Waals surface area contributed by atoms with Gasteiger partial charge in [-0.3, -0.25) is 29.0 Å². The van der Waals surface area contributed by atoms with Gasteiger partial charge in [-0.15, -0.1) is 0 Å². The van der Waals surface area contributed by atoms with Crippen LogP contribution < -0.4 is 21.3 Å². The summed E-state index contributed by atoms with van der Waals surface area (Å²) in [6.45, 7) is 7.86. The second kappa shape index (κ2) is 26.1. The van der Waals surface area contributed by atoms with E-state index in [2.05, 4.69) is 46.1 Å². The molecular weight excluding hydrogens is 1430 g/mol. The van der Waals surface area contributed by atoms with Crippen LogP contribution in [0.5, 0.6) is 0 Å². The quantitative estimate of drug-likeness (QED) is 0.0685. The minimum atomic E-state index is -1.86. The van der Waals surface area contributed by atoms with Gasteiger partial charge in [0, 0.05) is 88.8 Å². The highest BCUT2D eigenvalue weighted by atomic mass is 35.5. The number of aromatic amines is 1. The smallest absolute Gasteiger partial charge is 0.263 e. The first-order valence-corrected chi connectivity index (χ1v) is 33.0. The Bertz CT molecular complexity index is 4650. The molecule has 0 spiro atoms. The largest absolute Gasteiger partial charge is 0.375 e. The van der Waals surface area contributed by atoms with Crippen LogP contribution in [-0.4, -0.2) is 73.6 Å². The number of carbonyl (C=O) groups is 4. The number of hydrogen-bond acceptors (Lipinski definition) is 14. The molecule has 8 heterocycles. The molecule has 4 atom stereocenters. The Labute approximate surface area is 596 Å². The third kappa shape index (κ3) is 12.1. The average molecular weight is 1480 g/mol. The molecule has 0 saturated heterocycles. The van der Waals surface area contributed by atoms with Crippen molar-refractivity contribution in [1.29, 1.82) is 0 Å². The maximum absolute atomic E-state index is 12.5. The lowest BCUT2D eigenvalue weighted by Crippen LogP contribution is -2.39. The number of halogens is 8. The van der Waals surface area contributed by atoms with E-state index < -0.39 is 46.0 Å². The van der Waals surface area contributed by atoms with Crippen LogP contribution in [0, 0.1) is 27.7 Å². The van der Waals surface area contributed by atoms with Gasteiger partial charge in [0.2, 0.25) is 0 Å². The summed E-state index contributed by atoms with van der Waals surface area (Å²) >= 11 is 50.8. The SMILES string of the molecule is C.Cc1ccc2c(CC3(O)C(=O)Nc4c(Cl)ccc(Cl)c43)[nH]nc2c1.Cc1ccc2c(CC3(O)C(=O)Nc4c(Cl)ccc(Cl)c43)noc2c1.Cc1ccc2c(CC3(O)C(=O)Nc4c(Cl)ccc(Cl)c43)nsc2c1.Cc1ccc2c(cnn2CC2(O)C(=O)Nc3c(Cl)ccc(Cl)c32)c1. The topological polar surface area (TPSA) is 283 Å². The maximum atomic E-state index is 12.5. The van der Waals surface area contributed by atoms with Crippen LogP contribution in [0.3, 0.4) is 0 Å². The summed E-state index contributed by atoms with van der Waals surface area (Å²) in [7, 11) is 0. The first kappa shape index (κ1) is 69.0. The number of carbonyl (C=O) groups excluding carboxylic acids is 4. The van der Waals surface area contributed by atoms with Gasteiger partial charge in [-0.25, -0.2) is 0 Å². The lowest BCUT2D eigenvalue weighted by atomic mass is 9.89. The molecule has 16 rings (SSSR count). The Morgan fingerprint density at radius 2 is 0.887 bits per heavy atom. The number of aryl methyl sites for hydroxylation is 4. The standard InChI is InChI=1S/2C17H13Cl2N3O2.C17H12Cl2N2O3.C17H12Cl2N2O2S.CH4/c1-9-2-5-13-10(6-9)7-20-22(13)8-17(24)14-11(18)3-4-12(19)15(14)21-16(17)23;1-8-2-3-9-12(6-8)21-22-13(9)7-17(24)14-10(18)4-5-11(19)15(14)20-16(17)23;2*1-8-2-3-9-12(21-24-13(9)6-8)7-17(23)14-10(18)4-5-11(19)15(14)20-16(17)22;/h2-7,24H,8H2,1H3,(H,21,23);2-6,24H,7H2,1H3,(H,20,23)(H,21,22);2*2-6,23H,7H2,1H3,(H,20,22);1H4. The van der Waals surface area contributed by atoms with Crippen LogP contribution in [0.4, 0.5) is 22.7 Å². The van der Waals surface area contributed by atoms with Gasteiger partial charge in [0.1, 0.15) is 0 Å². The van der Waals surface area contributed by atoms with Gasteiger partial charge in [0.05, 0.1) is 82.7 Å². The molecule has 0 aliphatic carbocycles. The Hall–Kier alpha value is -7.90. The molecule has 0 radical (unpaired) electrons. The molecule has 9 N–H and O–H groups in total. The maximum Gasteiger partial charge on any atom is 0.263 e. The highest BCUT2D eigenvalue weighted by molar-refractivity contribution is 7.13. The molecule has 4 aromatic heterocycles. The Kier molecular flexibility index (Phi) is 18.6. The fraction of sp³-hybridized carbons (Fsp3) is 0.188. The van der Waals surface area contributed by atoms with E-state index in [9.17, 15) is 39.6 Å². The highest BCUT2D eigenvalue weighted by Gasteiger charge is 2.52. The zero-order valence-corrected chi connectivity index (χ0v) is 57.3. The van der Waals surface area contributed by atoms with Crippen molar-refractivity contribution in [3.05, 3.63) is 229 Å². The van der Waals surface area contributed by atoms with Crippen LogP contribution >= 0.6 is 104 Å². The number of hydrogen-bond donors (Lipinski definition) is 9. The Morgan fingerprint density at radius 1 is 0.474 bits per heavy atom. The molecule has 4 unspecified atom stereocenters. The third-order valence-corrected chi connectivity index (χ3v) is 20.5. The first-order valence-electron chi connectivity index (χ1n) is 29.2. The molecule has 0 saturated carbocycles. The van der Waals surface area contributed by atoms with E-state index in [0.717, 1.165) is 59.5 Å². The van der Waals surface area contributed by atoms with E-state index in [1.807, 2.05) is 100 Å². The fourth-order valence-corrected chi connectivity index (χ4v) is 15.3. The number of anilines is 4. The van der Waals surface area contributed by atoms with Crippen molar-refractivity contribution in [3.63, 3.8) is 0 Å². The van der Waals surface area contributed by atoms with Gasteiger partial charge in [-0.2, -0.15) is 14.6 Å². The number of fused-ring (bicyclic) bond motifs is 8. The van der Waals surface area contributed by atoms with E-state index in [1.165, 1.54) is 11.5 Å². The first-order chi connectivity index (χ1) is 45.6. The Morgan fingerprint density at radius 3 is 1.41 bits per heavy atom. The van der Waals surface area contributed by atoms with Gasteiger partial charge in [0.25, 0.3) is 23.6 Å². The molecule has 4 aliphatic heterocycles. The van der Waals surface area contributed by atoms with Crippen molar-refractivity contribution in [3.8, 4) is 0 Å². The summed E-state index contributed by atoms with van der Waals surface area (Å²) < 4.78 is 12.4. The Balaban J connectivity index is 0.000000123. The van der Waals surface area contributed by atoms with Gasteiger partial charge in [0.15, 0.2) is 28.0 Å². The molecule has 0 bridgehead atoms. The van der Waals surface area contributed by atoms with Crippen LogP contribution in [0.2, 0.25) is 40.2 Å². The fourth-order valence-electron chi connectivity index (χ4n) is 12.3. The van der Waals surface area contributed by atoms with E-state index >= 15 is 0 Å². The highest BCUT2D eigenvalue weighted by Crippen LogP contribution is 2.51. The number of nitrogens with one attached hydrogen (secondary N) is 5. The number of H-pyrrole nitrogens is 1. The lowest BCUT2D eigenvalue weighted by molar-refractivity contribution is -0.135. The van der Waals surface area contributed by atoms with Crippen LogP contribution in [0.1, 0.15) is 69.0 Å². The molecule has 8 aromatic carbocycles. The number of aromatic nitrogens is 6. The van der Waals surface area contributed by atoms with Gasteiger partial charge in [-0.05, 0) is 141 Å². The summed E-state index contributed by atoms with van der Waals surface area (Å²) in [5.74, 6) is -2.25. The summed E-state index contributed by atoms with van der Waals surface area (Å²) in [5.41, 5.74) is 3.67. The average Bonchev–Trinajstić information content (AvgIpc) is 1.62. The van der Waals surface area contributed by atoms with Crippen molar-refractivity contribution in [2.24, 2.45) is 0 Å². The van der Waals surface area contributed by atoms with Crippen LogP contribution in [-0.2, 0) is 67.4 Å². The summed E-state index contributed by atoms with van der Waals surface area (Å²) in [6, 6.07) is 35.9. The number of amides is 4. The van der Waals surface area contributed by atoms with Crippen molar-refractivity contribution >= 4 is 194 Å². The molecule has 12 aromatic rings. The third-order valence-electron chi connectivity index (χ3n) is 17.2.